The first kappa shape index (κ1) is 15.1. The minimum Gasteiger partial charge on any atom is -0.478 e. The molecule has 108 valence electrons. The number of carbonyl (C=O) groups excluding carboxylic acids is 1. The summed E-state index contributed by atoms with van der Waals surface area (Å²) in [5.41, 5.74) is 0.134. The molecule has 0 fully saturated rings. The highest BCUT2D eigenvalue weighted by atomic mass is 79.9. The third kappa shape index (κ3) is 3.44. The molecule has 2 rings (SSSR count). The molecule has 0 aliphatic carbocycles. The van der Waals surface area contributed by atoms with Gasteiger partial charge in [0.15, 0.2) is 0 Å². The molecular weight excluding hydrogens is 364 g/mol. The second-order valence-corrected chi connectivity index (χ2v) is 5.69. The van der Waals surface area contributed by atoms with Gasteiger partial charge in [0.1, 0.15) is 0 Å². The standard InChI is InChI=1S/C12H7BrN2O5S/c13-7-1-2-8(12(17)18)9(4-7)14-11(16)6-3-10(15(19)20)21-5-6/h1-5H,(H,14,16)(H,17,18). The first-order chi connectivity index (χ1) is 9.88. The van der Waals surface area contributed by atoms with Gasteiger partial charge >= 0.3 is 11.0 Å². The number of carboxylic acid groups (broad SMARTS) is 1. The van der Waals surface area contributed by atoms with Gasteiger partial charge in [0, 0.05) is 15.9 Å². The molecule has 0 radical (unpaired) electrons. The Labute approximate surface area is 130 Å². The van der Waals surface area contributed by atoms with Gasteiger partial charge in [-0.25, -0.2) is 4.79 Å². The fourth-order valence-electron chi connectivity index (χ4n) is 1.54. The summed E-state index contributed by atoms with van der Waals surface area (Å²) < 4.78 is 0.596. The molecule has 9 heteroatoms. The van der Waals surface area contributed by atoms with Crippen LogP contribution in [0.4, 0.5) is 10.7 Å². The average molecular weight is 371 g/mol. The van der Waals surface area contributed by atoms with E-state index in [0.29, 0.717) is 4.47 Å². The Morgan fingerprint density at radius 1 is 1.33 bits per heavy atom. The maximum absolute atomic E-state index is 12.0. The molecule has 7 nitrogen and oxygen atoms in total. The van der Waals surface area contributed by atoms with Crippen LogP contribution in [0.5, 0.6) is 0 Å². The van der Waals surface area contributed by atoms with Gasteiger partial charge in [0.2, 0.25) is 0 Å². The topological polar surface area (TPSA) is 110 Å². The summed E-state index contributed by atoms with van der Waals surface area (Å²) >= 11 is 4.01. The summed E-state index contributed by atoms with van der Waals surface area (Å²) in [6.45, 7) is 0. The summed E-state index contributed by atoms with van der Waals surface area (Å²) in [4.78, 5) is 33.1. The van der Waals surface area contributed by atoms with Crippen molar-refractivity contribution in [3.63, 3.8) is 0 Å². The van der Waals surface area contributed by atoms with E-state index in [4.69, 9.17) is 5.11 Å². The number of amides is 1. The zero-order valence-electron chi connectivity index (χ0n) is 10.2. The van der Waals surface area contributed by atoms with Gasteiger partial charge in [-0.3, -0.25) is 14.9 Å². The van der Waals surface area contributed by atoms with Crippen LogP contribution < -0.4 is 5.32 Å². The molecule has 0 aliphatic rings. The Hall–Kier alpha value is -2.26. The number of thiophene rings is 1. The molecule has 0 unspecified atom stereocenters. The number of aromatic carboxylic acids is 1. The van der Waals surface area contributed by atoms with Crippen LogP contribution in [-0.2, 0) is 0 Å². The van der Waals surface area contributed by atoms with E-state index in [2.05, 4.69) is 21.2 Å². The molecule has 0 spiro atoms. The van der Waals surface area contributed by atoms with Crippen molar-refractivity contribution in [1.29, 1.82) is 0 Å². The minimum atomic E-state index is -1.19. The molecular formula is C12H7BrN2O5S. The summed E-state index contributed by atoms with van der Waals surface area (Å²) in [5.74, 6) is -1.80. The smallest absolute Gasteiger partial charge is 0.337 e. The fraction of sp³-hybridized carbons (Fsp3) is 0. The van der Waals surface area contributed by atoms with Crippen molar-refractivity contribution in [1.82, 2.24) is 0 Å². The number of anilines is 1. The van der Waals surface area contributed by atoms with Gasteiger partial charge in [0.25, 0.3) is 5.91 Å². The van der Waals surface area contributed by atoms with E-state index in [1.165, 1.54) is 23.6 Å². The second kappa shape index (κ2) is 6.02. The van der Waals surface area contributed by atoms with E-state index < -0.39 is 16.8 Å². The van der Waals surface area contributed by atoms with Crippen molar-refractivity contribution in [3.8, 4) is 0 Å². The maximum atomic E-state index is 12.0. The molecule has 0 aliphatic heterocycles. The number of nitrogens with zero attached hydrogens (tertiary/aromatic N) is 1. The molecule has 0 bridgehead atoms. The number of rotatable bonds is 4. The number of benzene rings is 1. The van der Waals surface area contributed by atoms with Crippen molar-refractivity contribution in [2.45, 2.75) is 0 Å². The minimum absolute atomic E-state index is 0.0729. The van der Waals surface area contributed by atoms with Crippen molar-refractivity contribution < 1.29 is 19.6 Å². The lowest BCUT2D eigenvalue weighted by atomic mass is 10.1. The quantitative estimate of drug-likeness (QED) is 0.633. The van der Waals surface area contributed by atoms with Crippen molar-refractivity contribution in [2.75, 3.05) is 5.32 Å². The summed E-state index contributed by atoms with van der Waals surface area (Å²) in [6, 6.07) is 5.47. The highest BCUT2D eigenvalue weighted by Crippen LogP contribution is 2.25. The van der Waals surface area contributed by atoms with Gasteiger partial charge in [-0.2, -0.15) is 0 Å². The zero-order chi connectivity index (χ0) is 15.6. The third-order valence-electron chi connectivity index (χ3n) is 2.49. The van der Waals surface area contributed by atoms with Gasteiger partial charge in [0.05, 0.1) is 21.7 Å². The SMILES string of the molecule is O=C(Nc1cc(Br)ccc1C(=O)O)c1csc([N+](=O)[O-])c1. The lowest BCUT2D eigenvalue weighted by Gasteiger charge is -2.08. The first-order valence-electron chi connectivity index (χ1n) is 5.45. The normalized spacial score (nSPS) is 10.1. The van der Waals surface area contributed by atoms with E-state index in [1.807, 2.05) is 0 Å². The van der Waals surface area contributed by atoms with E-state index >= 15 is 0 Å². The molecule has 0 atom stereocenters. The number of nitro groups is 1. The number of nitrogens with one attached hydrogen (secondary N) is 1. The van der Waals surface area contributed by atoms with Crippen LogP contribution in [-0.4, -0.2) is 21.9 Å². The Bertz CT molecular complexity index is 743. The molecule has 1 aromatic heterocycles. The zero-order valence-corrected chi connectivity index (χ0v) is 12.6. The van der Waals surface area contributed by atoms with Crippen LogP contribution in [0.1, 0.15) is 20.7 Å². The van der Waals surface area contributed by atoms with Crippen LogP contribution in [0.15, 0.2) is 34.1 Å². The Balaban J connectivity index is 2.28. The van der Waals surface area contributed by atoms with E-state index in [0.717, 1.165) is 17.4 Å². The largest absolute Gasteiger partial charge is 0.478 e. The molecule has 21 heavy (non-hydrogen) atoms. The summed E-state index contributed by atoms with van der Waals surface area (Å²) in [5, 5.41) is 23.3. The van der Waals surface area contributed by atoms with Crippen molar-refractivity contribution in [3.05, 3.63) is 55.4 Å². The third-order valence-corrected chi connectivity index (χ3v) is 3.86. The van der Waals surface area contributed by atoms with Crippen molar-refractivity contribution in [2.24, 2.45) is 0 Å². The molecule has 1 amide bonds. The fourth-order valence-corrected chi connectivity index (χ4v) is 2.61. The predicted octanol–water partition coefficient (Wildman–Crippen LogP) is 3.37. The molecule has 2 N–H and O–H groups in total. The summed E-state index contributed by atoms with van der Waals surface area (Å²) in [7, 11) is 0. The van der Waals surface area contributed by atoms with Crippen LogP contribution in [0.25, 0.3) is 0 Å². The number of hydrogen-bond acceptors (Lipinski definition) is 5. The Morgan fingerprint density at radius 3 is 2.62 bits per heavy atom. The van der Waals surface area contributed by atoms with Gasteiger partial charge in [-0.15, -0.1) is 0 Å². The Kier molecular flexibility index (Phi) is 4.34. The molecule has 1 aromatic carbocycles. The van der Waals surface area contributed by atoms with Crippen LogP contribution >= 0.6 is 27.3 Å². The highest BCUT2D eigenvalue weighted by Gasteiger charge is 2.18. The van der Waals surface area contributed by atoms with Crippen molar-refractivity contribution >= 4 is 49.8 Å². The molecule has 0 saturated carbocycles. The predicted molar refractivity (Wildman–Crippen MR) is 80.0 cm³/mol. The molecule has 1 heterocycles. The van der Waals surface area contributed by atoms with Gasteiger partial charge in [-0.05, 0) is 18.2 Å². The first-order valence-corrected chi connectivity index (χ1v) is 7.13. The van der Waals surface area contributed by atoms with E-state index in [1.54, 1.807) is 0 Å². The Morgan fingerprint density at radius 2 is 2.05 bits per heavy atom. The van der Waals surface area contributed by atoms with E-state index in [9.17, 15) is 19.7 Å². The maximum Gasteiger partial charge on any atom is 0.337 e. The monoisotopic (exact) mass is 370 g/mol. The van der Waals surface area contributed by atoms with Gasteiger partial charge < -0.3 is 10.4 Å². The number of carbonyl (C=O) groups is 2. The molecule has 2 aromatic rings. The van der Waals surface area contributed by atoms with Crippen LogP contribution in [0.2, 0.25) is 0 Å². The average Bonchev–Trinajstić information content (AvgIpc) is 2.88. The van der Waals surface area contributed by atoms with Crippen LogP contribution in [0, 0.1) is 10.1 Å². The lowest BCUT2D eigenvalue weighted by Crippen LogP contribution is -2.14. The van der Waals surface area contributed by atoms with E-state index in [-0.39, 0.29) is 21.8 Å². The van der Waals surface area contributed by atoms with Crippen LogP contribution in [0.3, 0.4) is 0 Å². The highest BCUT2D eigenvalue weighted by molar-refractivity contribution is 9.10. The van der Waals surface area contributed by atoms with Gasteiger partial charge in [-0.1, -0.05) is 27.3 Å². The lowest BCUT2D eigenvalue weighted by molar-refractivity contribution is -0.380. The summed E-state index contributed by atoms with van der Waals surface area (Å²) in [6.07, 6.45) is 0. The molecule has 0 saturated heterocycles. The second-order valence-electron chi connectivity index (χ2n) is 3.88. The number of carboxylic acids is 1. The number of halogens is 1. The number of hydrogen-bond donors (Lipinski definition) is 2.